The summed E-state index contributed by atoms with van der Waals surface area (Å²) in [6, 6.07) is 16.2. The van der Waals surface area contributed by atoms with Crippen LogP contribution in [0.4, 0.5) is 5.82 Å². The van der Waals surface area contributed by atoms with Crippen LogP contribution < -0.4 is 10.3 Å². The van der Waals surface area contributed by atoms with E-state index in [0.717, 1.165) is 5.56 Å². The monoisotopic (exact) mass is 384 g/mol. The summed E-state index contributed by atoms with van der Waals surface area (Å²) in [7, 11) is 0. The number of aryl methyl sites for hydroxylation is 1. The summed E-state index contributed by atoms with van der Waals surface area (Å²) in [4.78, 5) is 32.5. The van der Waals surface area contributed by atoms with Crippen LogP contribution in [0.15, 0.2) is 76.1 Å². The normalized spacial score (nSPS) is 15.7. The lowest BCUT2D eigenvalue weighted by atomic mass is 9.98. The molecule has 0 aliphatic carbocycles. The minimum absolute atomic E-state index is 0.0224. The highest BCUT2D eigenvalue weighted by molar-refractivity contribution is 6.10. The van der Waals surface area contributed by atoms with Gasteiger partial charge in [-0.1, -0.05) is 30.3 Å². The highest BCUT2D eigenvalue weighted by Crippen LogP contribution is 2.40. The number of amides is 1. The molecule has 1 unspecified atom stereocenters. The Hall–Kier alpha value is -3.93. The summed E-state index contributed by atoms with van der Waals surface area (Å²) in [5.41, 5.74) is 2.04. The highest BCUT2D eigenvalue weighted by Gasteiger charge is 2.44. The van der Waals surface area contributed by atoms with E-state index in [0.29, 0.717) is 22.4 Å². The summed E-state index contributed by atoms with van der Waals surface area (Å²) < 4.78 is 5.88. The summed E-state index contributed by atoms with van der Waals surface area (Å²) in [6.45, 7) is 1.91. The maximum Gasteiger partial charge on any atom is 0.296 e. The van der Waals surface area contributed by atoms with Gasteiger partial charge in [0.25, 0.3) is 5.91 Å². The van der Waals surface area contributed by atoms with Crippen LogP contribution in [-0.4, -0.2) is 16.0 Å². The van der Waals surface area contributed by atoms with Crippen LogP contribution in [0.5, 0.6) is 5.75 Å². The molecule has 1 N–H and O–H groups in total. The fourth-order valence-corrected chi connectivity index (χ4v) is 3.73. The first-order valence-corrected chi connectivity index (χ1v) is 9.15. The Morgan fingerprint density at radius 3 is 2.48 bits per heavy atom. The number of aromatic nitrogens is 1. The molecule has 6 heteroatoms. The first-order chi connectivity index (χ1) is 14.0. The lowest BCUT2D eigenvalue weighted by molar-refractivity contribution is 0.0970. The second-order valence-electron chi connectivity index (χ2n) is 7.03. The zero-order chi connectivity index (χ0) is 20.1. The quantitative estimate of drug-likeness (QED) is 0.566. The molecule has 1 aliphatic rings. The Morgan fingerprint density at radius 2 is 1.76 bits per heavy atom. The van der Waals surface area contributed by atoms with Crippen LogP contribution in [0.2, 0.25) is 0 Å². The molecule has 6 nitrogen and oxygen atoms in total. The zero-order valence-electron chi connectivity index (χ0n) is 15.5. The maximum atomic E-state index is 13.3. The van der Waals surface area contributed by atoms with Gasteiger partial charge in [0.05, 0.1) is 17.0 Å². The summed E-state index contributed by atoms with van der Waals surface area (Å²) in [6.07, 6.45) is 1.67. The second kappa shape index (κ2) is 6.31. The Labute approximate surface area is 165 Å². The minimum Gasteiger partial charge on any atom is -0.508 e. The summed E-state index contributed by atoms with van der Waals surface area (Å²) in [5, 5.41) is 10.1. The lowest BCUT2D eigenvalue weighted by Crippen LogP contribution is -2.30. The number of benzene rings is 2. The molecule has 1 atom stereocenters. The SMILES string of the molecule is Cc1ccc(N2C(=O)c3oc4ccccc4c(=O)c3C2c2ccc(O)cc2)nc1. The van der Waals surface area contributed by atoms with Crippen LogP contribution >= 0.6 is 0 Å². The predicted octanol–water partition coefficient (Wildman–Crippen LogP) is 3.95. The molecule has 29 heavy (non-hydrogen) atoms. The first-order valence-electron chi connectivity index (χ1n) is 9.15. The van der Waals surface area contributed by atoms with Crippen LogP contribution in [-0.2, 0) is 0 Å². The zero-order valence-corrected chi connectivity index (χ0v) is 15.5. The molecule has 1 aliphatic heterocycles. The molecule has 1 amide bonds. The van der Waals surface area contributed by atoms with Crippen molar-refractivity contribution >= 4 is 22.7 Å². The molecule has 0 radical (unpaired) electrons. The molecule has 2 aromatic heterocycles. The van der Waals surface area contributed by atoms with Gasteiger partial charge in [0.15, 0.2) is 5.43 Å². The van der Waals surface area contributed by atoms with Crippen molar-refractivity contribution in [3.05, 3.63) is 99.5 Å². The van der Waals surface area contributed by atoms with Crippen LogP contribution in [0.25, 0.3) is 11.0 Å². The third-order valence-corrected chi connectivity index (χ3v) is 5.13. The average Bonchev–Trinajstić information content (AvgIpc) is 3.02. The molecular formula is C23H16N2O4. The number of nitrogens with zero attached hydrogens (tertiary/aromatic N) is 2. The summed E-state index contributed by atoms with van der Waals surface area (Å²) >= 11 is 0. The topological polar surface area (TPSA) is 83.6 Å². The van der Waals surface area contributed by atoms with Gasteiger partial charge in [-0.25, -0.2) is 4.98 Å². The van der Waals surface area contributed by atoms with Crippen molar-refractivity contribution in [2.24, 2.45) is 0 Å². The Bertz CT molecular complexity index is 1310. The number of pyridine rings is 1. The molecular weight excluding hydrogens is 368 g/mol. The van der Waals surface area contributed by atoms with Crippen LogP contribution in [0, 0.1) is 6.92 Å². The number of fused-ring (bicyclic) bond motifs is 2. The highest BCUT2D eigenvalue weighted by atomic mass is 16.3. The van der Waals surface area contributed by atoms with E-state index in [-0.39, 0.29) is 22.5 Å². The van der Waals surface area contributed by atoms with Crippen molar-refractivity contribution in [3.8, 4) is 5.75 Å². The number of phenolic OH excluding ortho intramolecular Hbond substituents is 1. The standard InChI is InChI=1S/C23H16N2O4/c1-13-6-11-18(24-12-13)25-20(14-7-9-15(26)10-8-14)19-21(27)16-4-2-3-5-17(16)29-22(19)23(25)28/h2-12,20,26H,1H3. The van der Waals surface area contributed by atoms with Gasteiger partial charge in [-0.15, -0.1) is 0 Å². The molecule has 142 valence electrons. The number of rotatable bonds is 2. The van der Waals surface area contributed by atoms with Gasteiger partial charge in [0.1, 0.15) is 17.2 Å². The summed E-state index contributed by atoms with van der Waals surface area (Å²) in [5.74, 6) is 0.129. The fraction of sp³-hybridized carbons (Fsp3) is 0.0870. The third-order valence-electron chi connectivity index (χ3n) is 5.13. The molecule has 0 saturated heterocycles. The van der Waals surface area contributed by atoms with E-state index >= 15 is 0 Å². The molecule has 3 heterocycles. The van der Waals surface area contributed by atoms with Crippen LogP contribution in [0.3, 0.4) is 0 Å². The number of carbonyl (C=O) groups is 1. The number of phenols is 1. The van der Waals surface area contributed by atoms with Gasteiger partial charge >= 0.3 is 0 Å². The fourth-order valence-electron chi connectivity index (χ4n) is 3.73. The number of anilines is 1. The Morgan fingerprint density at radius 1 is 1.00 bits per heavy atom. The number of para-hydroxylation sites is 1. The van der Waals surface area contributed by atoms with Gasteiger partial charge in [-0.05, 0) is 48.4 Å². The van der Waals surface area contributed by atoms with Gasteiger partial charge < -0.3 is 9.52 Å². The van der Waals surface area contributed by atoms with E-state index in [1.807, 2.05) is 13.0 Å². The van der Waals surface area contributed by atoms with Gasteiger partial charge in [-0.2, -0.15) is 0 Å². The van der Waals surface area contributed by atoms with Crippen molar-refractivity contribution < 1.29 is 14.3 Å². The predicted molar refractivity (Wildman–Crippen MR) is 108 cm³/mol. The number of hydrogen-bond donors (Lipinski definition) is 1. The van der Waals surface area contributed by atoms with E-state index in [4.69, 9.17) is 4.42 Å². The molecule has 0 fully saturated rings. The van der Waals surface area contributed by atoms with Gasteiger partial charge in [-0.3, -0.25) is 14.5 Å². The molecule has 0 bridgehead atoms. The van der Waals surface area contributed by atoms with E-state index in [9.17, 15) is 14.7 Å². The largest absolute Gasteiger partial charge is 0.508 e. The molecule has 0 saturated carbocycles. The van der Waals surface area contributed by atoms with E-state index in [1.165, 1.54) is 17.0 Å². The van der Waals surface area contributed by atoms with E-state index < -0.39 is 11.9 Å². The van der Waals surface area contributed by atoms with Crippen molar-refractivity contribution in [2.45, 2.75) is 13.0 Å². The number of hydrogen-bond acceptors (Lipinski definition) is 5. The van der Waals surface area contributed by atoms with Crippen molar-refractivity contribution in [1.29, 1.82) is 0 Å². The number of carbonyl (C=O) groups excluding carboxylic acids is 1. The van der Waals surface area contributed by atoms with E-state index in [1.54, 1.807) is 48.7 Å². The maximum absolute atomic E-state index is 13.3. The smallest absolute Gasteiger partial charge is 0.296 e. The van der Waals surface area contributed by atoms with Crippen molar-refractivity contribution in [2.75, 3.05) is 4.90 Å². The van der Waals surface area contributed by atoms with Gasteiger partial charge in [0, 0.05) is 6.20 Å². The lowest BCUT2D eigenvalue weighted by Gasteiger charge is -2.24. The molecule has 4 aromatic rings. The Balaban J connectivity index is 1.81. The average molecular weight is 384 g/mol. The third kappa shape index (κ3) is 2.61. The first kappa shape index (κ1) is 17.2. The van der Waals surface area contributed by atoms with Crippen molar-refractivity contribution in [1.82, 2.24) is 4.98 Å². The minimum atomic E-state index is -0.700. The molecule has 0 spiro atoms. The molecule has 5 rings (SSSR count). The van der Waals surface area contributed by atoms with Gasteiger partial charge in [0.2, 0.25) is 5.76 Å². The van der Waals surface area contributed by atoms with E-state index in [2.05, 4.69) is 4.98 Å². The molecule has 2 aromatic carbocycles. The van der Waals surface area contributed by atoms with Crippen LogP contribution in [0.1, 0.15) is 33.3 Å². The Kier molecular flexibility index (Phi) is 3.74. The second-order valence-corrected chi connectivity index (χ2v) is 7.03. The van der Waals surface area contributed by atoms with Crippen molar-refractivity contribution in [3.63, 3.8) is 0 Å². The number of aromatic hydroxyl groups is 1.